The van der Waals surface area contributed by atoms with Crippen molar-refractivity contribution in [3.8, 4) is 0 Å². The molecule has 0 unspecified atom stereocenters. The van der Waals surface area contributed by atoms with E-state index in [0.29, 0.717) is 31.1 Å². The van der Waals surface area contributed by atoms with Crippen molar-refractivity contribution in [2.75, 3.05) is 18.1 Å². The lowest BCUT2D eigenvalue weighted by Gasteiger charge is -2.19. The molecule has 24 heavy (non-hydrogen) atoms. The van der Waals surface area contributed by atoms with Gasteiger partial charge >= 0.3 is 5.97 Å². The molecule has 1 aliphatic rings. The molecule has 1 aromatic heterocycles. The van der Waals surface area contributed by atoms with Gasteiger partial charge in [0.25, 0.3) is 0 Å². The molecule has 0 spiro atoms. The number of fused-ring (bicyclic) bond motifs is 1. The van der Waals surface area contributed by atoms with Gasteiger partial charge in [-0.2, -0.15) is 0 Å². The number of hydrogen-bond donors (Lipinski definition) is 0. The third kappa shape index (κ3) is 2.68. The Labute approximate surface area is 142 Å². The molecule has 3 rings (SSSR count). The topological polar surface area (TPSA) is 51.5 Å². The second-order valence-corrected chi connectivity index (χ2v) is 6.61. The fourth-order valence-corrected chi connectivity index (χ4v) is 3.45. The van der Waals surface area contributed by atoms with Crippen molar-refractivity contribution < 1.29 is 14.3 Å². The zero-order valence-corrected chi connectivity index (χ0v) is 14.8. The number of aryl methyl sites for hydroxylation is 1. The molecule has 0 radical (unpaired) electrons. The molecule has 1 saturated heterocycles. The van der Waals surface area contributed by atoms with Gasteiger partial charge in [0.15, 0.2) is 0 Å². The van der Waals surface area contributed by atoms with Gasteiger partial charge in [-0.1, -0.05) is 13.8 Å². The number of carbonyl (C=O) groups excluding carboxylic acids is 2. The molecule has 5 nitrogen and oxygen atoms in total. The van der Waals surface area contributed by atoms with Crippen LogP contribution in [-0.4, -0.2) is 29.6 Å². The SMILES string of the molecule is CCOC(=O)c1cc(N2CCCC2=O)c2c(c1)c(C(C)C)cn2C. The molecule has 128 valence electrons. The number of amides is 1. The summed E-state index contributed by atoms with van der Waals surface area (Å²) in [5.41, 5.74) is 3.49. The highest BCUT2D eigenvalue weighted by Gasteiger charge is 2.27. The van der Waals surface area contributed by atoms with E-state index in [9.17, 15) is 9.59 Å². The Balaban J connectivity index is 2.27. The molecular formula is C19H24N2O3. The first-order chi connectivity index (χ1) is 11.4. The minimum Gasteiger partial charge on any atom is -0.462 e. The van der Waals surface area contributed by atoms with E-state index in [-0.39, 0.29) is 11.9 Å². The number of benzene rings is 1. The first-order valence-corrected chi connectivity index (χ1v) is 8.54. The van der Waals surface area contributed by atoms with Crippen LogP contribution < -0.4 is 4.90 Å². The maximum atomic E-state index is 12.3. The fourth-order valence-electron chi connectivity index (χ4n) is 3.45. The summed E-state index contributed by atoms with van der Waals surface area (Å²) >= 11 is 0. The standard InChI is InChI=1S/C19H24N2O3/c1-5-24-19(23)13-9-14-15(12(2)3)11-20(4)18(14)16(10-13)21-8-6-7-17(21)22/h9-12H,5-8H2,1-4H3. The molecule has 0 N–H and O–H groups in total. The van der Waals surface area contributed by atoms with Crippen LogP contribution >= 0.6 is 0 Å². The summed E-state index contributed by atoms with van der Waals surface area (Å²) in [7, 11) is 1.99. The van der Waals surface area contributed by atoms with Crippen LogP contribution in [0, 0.1) is 0 Å². The summed E-state index contributed by atoms with van der Waals surface area (Å²) in [5, 5.41) is 1.02. The summed E-state index contributed by atoms with van der Waals surface area (Å²) < 4.78 is 7.24. The van der Waals surface area contributed by atoms with Gasteiger partial charge in [-0.15, -0.1) is 0 Å². The van der Waals surface area contributed by atoms with Crippen molar-refractivity contribution >= 4 is 28.5 Å². The summed E-state index contributed by atoms with van der Waals surface area (Å²) in [6, 6.07) is 3.69. The van der Waals surface area contributed by atoms with Crippen LogP contribution in [0.25, 0.3) is 10.9 Å². The molecule has 0 saturated carbocycles. The van der Waals surface area contributed by atoms with Crippen LogP contribution in [0.3, 0.4) is 0 Å². The van der Waals surface area contributed by atoms with Crippen LogP contribution in [-0.2, 0) is 16.6 Å². The van der Waals surface area contributed by atoms with E-state index in [1.54, 1.807) is 17.9 Å². The van der Waals surface area contributed by atoms with Gasteiger partial charge in [0, 0.05) is 31.6 Å². The minimum absolute atomic E-state index is 0.115. The molecule has 0 atom stereocenters. The second kappa shape index (κ2) is 6.30. The molecule has 1 fully saturated rings. The predicted molar refractivity (Wildman–Crippen MR) is 94.6 cm³/mol. The van der Waals surface area contributed by atoms with Crippen molar-refractivity contribution in [2.45, 2.75) is 39.5 Å². The van der Waals surface area contributed by atoms with Crippen LogP contribution in [0.2, 0.25) is 0 Å². The first kappa shape index (κ1) is 16.6. The summed E-state index contributed by atoms with van der Waals surface area (Å²) in [6.45, 7) is 7.09. The van der Waals surface area contributed by atoms with Gasteiger partial charge in [0.1, 0.15) is 0 Å². The van der Waals surface area contributed by atoms with Crippen LogP contribution in [0.15, 0.2) is 18.3 Å². The lowest BCUT2D eigenvalue weighted by molar-refractivity contribution is -0.117. The largest absolute Gasteiger partial charge is 0.462 e. The van der Waals surface area contributed by atoms with Gasteiger partial charge in [-0.05, 0) is 37.0 Å². The Morgan fingerprint density at radius 2 is 2.08 bits per heavy atom. The number of hydrogen-bond acceptors (Lipinski definition) is 3. The Bertz CT molecular complexity index is 805. The molecule has 0 bridgehead atoms. The van der Waals surface area contributed by atoms with Gasteiger partial charge in [0.2, 0.25) is 5.91 Å². The van der Waals surface area contributed by atoms with E-state index >= 15 is 0 Å². The minimum atomic E-state index is -0.342. The number of ether oxygens (including phenoxy) is 1. The van der Waals surface area contributed by atoms with Crippen molar-refractivity contribution in [2.24, 2.45) is 7.05 Å². The number of rotatable bonds is 4. The van der Waals surface area contributed by atoms with E-state index in [1.807, 2.05) is 13.1 Å². The Morgan fingerprint density at radius 1 is 1.33 bits per heavy atom. The smallest absolute Gasteiger partial charge is 0.338 e. The molecule has 1 aromatic carbocycles. The highest BCUT2D eigenvalue weighted by atomic mass is 16.5. The lowest BCUT2D eigenvalue weighted by Crippen LogP contribution is -2.24. The molecule has 5 heteroatoms. The second-order valence-electron chi connectivity index (χ2n) is 6.61. The average Bonchev–Trinajstić information content (AvgIpc) is 3.10. The quantitative estimate of drug-likeness (QED) is 0.806. The third-order valence-corrected chi connectivity index (χ3v) is 4.58. The van der Waals surface area contributed by atoms with Crippen molar-refractivity contribution in [3.05, 3.63) is 29.5 Å². The van der Waals surface area contributed by atoms with Crippen molar-refractivity contribution in [1.82, 2.24) is 4.57 Å². The number of anilines is 1. The number of carbonyl (C=O) groups is 2. The number of nitrogens with zero attached hydrogens (tertiary/aromatic N) is 2. The van der Waals surface area contributed by atoms with E-state index in [0.717, 1.165) is 23.0 Å². The summed E-state index contributed by atoms with van der Waals surface area (Å²) in [6.07, 6.45) is 3.51. The maximum Gasteiger partial charge on any atom is 0.338 e. The zero-order valence-electron chi connectivity index (χ0n) is 14.8. The van der Waals surface area contributed by atoms with Crippen LogP contribution in [0.1, 0.15) is 55.5 Å². The highest BCUT2D eigenvalue weighted by molar-refractivity contribution is 6.08. The highest BCUT2D eigenvalue weighted by Crippen LogP contribution is 2.36. The summed E-state index contributed by atoms with van der Waals surface area (Å²) in [4.78, 5) is 26.4. The number of esters is 1. The zero-order chi connectivity index (χ0) is 17.4. The van der Waals surface area contributed by atoms with Crippen LogP contribution in [0.4, 0.5) is 5.69 Å². The molecule has 2 heterocycles. The average molecular weight is 328 g/mol. The Hall–Kier alpha value is -2.30. The lowest BCUT2D eigenvalue weighted by atomic mass is 10.00. The van der Waals surface area contributed by atoms with Crippen molar-refractivity contribution in [3.63, 3.8) is 0 Å². The van der Waals surface area contributed by atoms with Gasteiger partial charge in [-0.3, -0.25) is 4.79 Å². The van der Waals surface area contributed by atoms with E-state index in [1.165, 1.54) is 5.56 Å². The maximum absolute atomic E-state index is 12.3. The molecule has 0 aliphatic carbocycles. The Kier molecular flexibility index (Phi) is 4.35. The van der Waals surface area contributed by atoms with Gasteiger partial charge in [0.05, 0.1) is 23.4 Å². The number of aromatic nitrogens is 1. The van der Waals surface area contributed by atoms with Gasteiger partial charge in [-0.25, -0.2) is 4.79 Å². The summed E-state index contributed by atoms with van der Waals surface area (Å²) in [5.74, 6) is 0.101. The Morgan fingerprint density at radius 3 is 2.67 bits per heavy atom. The monoisotopic (exact) mass is 328 g/mol. The molecular weight excluding hydrogens is 304 g/mol. The van der Waals surface area contributed by atoms with Crippen LogP contribution in [0.5, 0.6) is 0 Å². The normalized spacial score (nSPS) is 14.9. The van der Waals surface area contributed by atoms with Gasteiger partial charge < -0.3 is 14.2 Å². The third-order valence-electron chi connectivity index (χ3n) is 4.58. The first-order valence-electron chi connectivity index (χ1n) is 8.54. The van der Waals surface area contributed by atoms with Crippen molar-refractivity contribution in [1.29, 1.82) is 0 Å². The van der Waals surface area contributed by atoms with E-state index in [4.69, 9.17) is 4.74 Å². The molecule has 1 amide bonds. The van der Waals surface area contributed by atoms with E-state index < -0.39 is 0 Å². The predicted octanol–water partition coefficient (Wildman–Crippen LogP) is 3.61. The molecule has 2 aromatic rings. The fraction of sp³-hybridized carbons (Fsp3) is 0.474. The molecule has 1 aliphatic heterocycles. The van der Waals surface area contributed by atoms with E-state index in [2.05, 4.69) is 24.6 Å².